The fourth-order valence-corrected chi connectivity index (χ4v) is 18.0. The van der Waals surface area contributed by atoms with Crippen molar-refractivity contribution in [2.45, 2.75) is 372 Å². The molecule has 11 fully saturated rings. The van der Waals surface area contributed by atoms with Gasteiger partial charge in [0.1, 0.15) is 208 Å². The Hall–Kier alpha value is -3.18. The van der Waals surface area contributed by atoms with Gasteiger partial charge in [-0.1, -0.05) is 27.7 Å². The second-order valence-electron chi connectivity index (χ2n) is 35.7. The molecule has 11 aliphatic rings. The molecule has 134 heavy (non-hydrogen) atoms. The van der Waals surface area contributed by atoms with Crippen LogP contribution in [0.15, 0.2) is 0 Å². The molecule has 36 N–H and O–H groups in total. The lowest BCUT2D eigenvalue weighted by Gasteiger charge is -2.51. The minimum atomic E-state index is -2.97. The van der Waals surface area contributed by atoms with E-state index in [4.69, 9.17) is 111 Å². The first kappa shape index (κ1) is 111. The van der Waals surface area contributed by atoms with Gasteiger partial charge in [-0.15, -0.1) is 0 Å². The van der Waals surface area contributed by atoms with Gasteiger partial charge in [-0.25, -0.2) is 9.59 Å². The summed E-state index contributed by atoms with van der Waals surface area (Å²) < 4.78 is 125. The highest BCUT2D eigenvalue weighted by molar-refractivity contribution is 5.76. The summed E-state index contributed by atoms with van der Waals surface area (Å²) in [6, 6.07) is -3.17. The maximum atomic E-state index is 12.8. The Morgan fingerprint density at radius 3 is 0.940 bits per heavy atom. The van der Waals surface area contributed by atoms with Crippen LogP contribution in [0.2, 0.25) is 0 Å². The largest absolute Gasteiger partial charge is 0.477 e. The van der Waals surface area contributed by atoms with Crippen LogP contribution >= 0.6 is 0 Å². The zero-order chi connectivity index (χ0) is 99.0. The van der Waals surface area contributed by atoms with Gasteiger partial charge in [0, 0.05) is 36.5 Å². The molecule has 11 rings (SSSR count). The molecular weight excluding hydrogens is 1830 g/mol. The summed E-state index contributed by atoms with van der Waals surface area (Å²) in [4.78, 5) is 25.7. The average Bonchev–Trinajstić information content (AvgIpc) is 0.784. The normalized spacial score (nSPS) is 50.9. The molecule has 57 nitrogen and oxygen atoms in total. The molecule has 57 atom stereocenters. The highest BCUT2D eigenvalue weighted by Crippen LogP contribution is 2.44. The summed E-state index contributed by atoms with van der Waals surface area (Å²) in [6.07, 6.45) is -98.7. The number of hydrogen-bond acceptors (Lipinski definition) is 55. The van der Waals surface area contributed by atoms with Crippen LogP contribution in [-0.4, -0.2) is 572 Å². The Bertz CT molecular complexity index is 3610. The fraction of sp³-hybridized carbons (Fsp3) is 0.974. The van der Waals surface area contributed by atoms with E-state index in [9.17, 15) is 173 Å². The maximum Gasteiger partial charge on any atom is 0.364 e. The standard InChI is InChI=1S/C77H132N2O55/c1-19-23(5)117-30(12-84)57(39(19)92)126-66-20(2)40(93)60(33(15-87)120-66)129-71-56(109)63(130-73-65(53(106)46(99)29(11-83)119-73)132-68-22(4)42(95)59(32(14-86)122-68)128-70-55(108)51(104)48(101)36(125-70)18-116-77(75(112)113)7-25(89)38(79)62(134-77)44(97)27(91)9-81)49(102)34(123-71)16-114-72-64(52(105)45(98)28(10-82)118-72)131-67-21(3)41(94)58(31(13-85)121-67)127-69-54(107)50(103)47(100)35(124-69)17-115-76(74(110)111)6-24(88)37(78)61(133-76)43(96)26(90)8-80/h19-73,80-109H,6-18,78-79H2,1-5H3,(H,110,111)(H,112,113)/t19-,20?,21?,22+,23+,24-,25-,26-,27-,28?,29-,30?,31+,32?,33?,34?,35?,36?,37-,38-,39?,40?,41?,42?,43-,44-,45-,46-,47+,48+,49-,50?,51?,52?,53?,54+,55+,56-,57-,58-,59-,60-,61?,62?,63?,64-,65?,66+,67+,68+,69+,70+,71+,72+,73-,76-,77-/m1/s1. The van der Waals surface area contributed by atoms with Gasteiger partial charge in [-0.05, 0) is 6.92 Å². The first-order chi connectivity index (χ1) is 63.2. The molecule has 0 saturated carbocycles. The van der Waals surface area contributed by atoms with E-state index in [1.165, 1.54) is 20.8 Å². The average molecular weight is 1970 g/mol. The molecular formula is C77H132N2O55. The minimum Gasteiger partial charge on any atom is -0.477 e. The highest BCUT2D eigenvalue weighted by atomic mass is 16.8. The Kier molecular flexibility index (Phi) is 39.1. The third-order valence-corrected chi connectivity index (χ3v) is 26.8. The van der Waals surface area contributed by atoms with Crippen molar-refractivity contribution >= 4 is 11.9 Å². The van der Waals surface area contributed by atoms with E-state index in [1.807, 2.05) is 0 Å². The number of aliphatic carboxylic acids is 2. The second-order valence-corrected chi connectivity index (χ2v) is 35.7. The van der Waals surface area contributed by atoms with Crippen LogP contribution in [0.1, 0.15) is 47.5 Å². The van der Waals surface area contributed by atoms with Gasteiger partial charge in [0.25, 0.3) is 11.6 Å². The van der Waals surface area contributed by atoms with Gasteiger partial charge >= 0.3 is 11.9 Å². The van der Waals surface area contributed by atoms with Gasteiger partial charge < -0.3 is 274 Å². The van der Waals surface area contributed by atoms with Crippen molar-refractivity contribution in [1.29, 1.82) is 0 Å². The van der Waals surface area contributed by atoms with Crippen molar-refractivity contribution in [3.05, 3.63) is 0 Å². The Morgan fingerprint density at radius 2 is 0.590 bits per heavy atom. The number of carboxylic acid groups (broad SMARTS) is 2. The molecule has 0 bridgehead atoms. The summed E-state index contributed by atoms with van der Waals surface area (Å²) in [5.41, 5.74) is 11.9. The van der Waals surface area contributed by atoms with Crippen molar-refractivity contribution in [3.63, 3.8) is 0 Å². The van der Waals surface area contributed by atoms with Crippen LogP contribution in [0, 0.1) is 23.7 Å². The minimum absolute atomic E-state index is 0.584. The molecule has 0 aromatic carbocycles. The van der Waals surface area contributed by atoms with Crippen molar-refractivity contribution in [3.8, 4) is 0 Å². The number of carboxylic acids is 2. The predicted octanol–water partition coefficient (Wildman–Crippen LogP) is -20.5. The van der Waals surface area contributed by atoms with Gasteiger partial charge in [0.2, 0.25) is 0 Å². The summed E-state index contributed by atoms with van der Waals surface area (Å²) in [5, 5.41) is 354. The lowest BCUT2D eigenvalue weighted by Crippen LogP contribution is -2.68. The Labute approximate surface area is 761 Å². The topological polar surface area (TPSA) is 927 Å². The summed E-state index contributed by atoms with van der Waals surface area (Å²) in [7, 11) is 0. The number of carbonyl (C=O) groups is 2. The van der Waals surface area contributed by atoms with E-state index in [1.54, 1.807) is 13.8 Å². The number of nitrogens with two attached hydrogens (primary N) is 2. The number of ether oxygens (including phenoxy) is 21. The predicted molar refractivity (Wildman–Crippen MR) is 417 cm³/mol. The van der Waals surface area contributed by atoms with Crippen molar-refractivity contribution in [1.82, 2.24) is 0 Å². The number of aliphatic hydroxyl groups excluding tert-OH is 30. The highest BCUT2D eigenvalue weighted by Gasteiger charge is 2.63. The molecule has 0 aliphatic carbocycles. The van der Waals surface area contributed by atoms with E-state index in [-0.39, 0.29) is 0 Å². The molecule has 11 saturated heterocycles. The molecule has 11 aliphatic heterocycles. The third-order valence-electron chi connectivity index (χ3n) is 26.8. The zero-order valence-corrected chi connectivity index (χ0v) is 72.8. The fourth-order valence-electron chi connectivity index (χ4n) is 18.0. The first-order valence-corrected chi connectivity index (χ1v) is 43.7. The molecule has 11 heterocycles. The number of hydrogen-bond donors (Lipinski definition) is 34. The van der Waals surface area contributed by atoms with E-state index in [0.717, 1.165) is 0 Å². The summed E-state index contributed by atoms with van der Waals surface area (Å²) >= 11 is 0. The number of rotatable bonds is 37. The van der Waals surface area contributed by atoms with E-state index in [2.05, 4.69) is 0 Å². The van der Waals surface area contributed by atoms with Crippen LogP contribution < -0.4 is 11.5 Å². The molecule has 0 radical (unpaired) electrons. The van der Waals surface area contributed by atoms with E-state index in [0.29, 0.717) is 0 Å². The van der Waals surface area contributed by atoms with Crippen molar-refractivity contribution in [2.75, 3.05) is 72.7 Å². The first-order valence-electron chi connectivity index (χ1n) is 43.7. The van der Waals surface area contributed by atoms with Crippen LogP contribution in [0.25, 0.3) is 0 Å². The van der Waals surface area contributed by atoms with Gasteiger partial charge in [0.15, 0.2) is 50.3 Å². The second kappa shape index (κ2) is 47.1. The molecule has 0 aromatic rings. The van der Waals surface area contributed by atoms with Crippen molar-refractivity contribution < 1.29 is 272 Å². The van der Waals surface area contributed by atoms with Crippen LogP contribution in [0.5, 0.6) is 0 Å². The molecule has 780 valence electrons. The quantitative estimate of drug-likeness (QED) is 0.0275. The SMILES string of the molecule is CC1C(O)[C@H](O[C@@H]2OC(CO[C@H]3OC(CO)[C@@H](O)C(O)[C@H]3O[C@@H]3O[C@@H](CO)[C@@H](O[C@@H]4OC(CO[C@]5(C(=O)O)C[C@@H](O)[C@@H](N)C([C@H](O)[C@H](O)CO)O5)[C@H](O)C(O)[C@@H]4O)C(O)C3C)[C@@H](O)C(O[C@H]3O[C@H](CO)[C@@H](O)C(O)C3O[C@@H]3OC(CO)[C@@H](O[C@@H]4OC(CO[C@]5(C(=O)O)C[C@@H](O)[C@@H](N)C([C@H](O)[C@H](O)CO)O5)[C@H](O)C(O)[C@@H]4O)C(O)[C@@H]3C)[C@H]2O)C(CO)O[C@H]1O[C@@H]1C(CO)O[C@@H](C)[C@@H](C)C1O. The van der Waals surface area contributed by atoms with E-state index < -0.39 is 445 Å². The lowest BCUT2D eigenvalue weighted by atomic mass is 9.88. The summed E-state index contributed by atoms with van der Waals surface area (Å²) in [5.74, 6) is -14.7. The zero-order valence-electron chi connectivity index (χ0n) is 72.8. The smallest absolute Gasteiger partial charge is 0.364 e. The Morgan fingerprint density at radius 1 is 0.306 bits per heavy atom. The van der Waals surface area contributed by atoms with Crippen LogP contribution in [-0.2, 0) is 109 Å². The van der Waals surface area contributed by atoms with Gasteiger partial charge in [-0.3, -0.25) is 0 Å². The maximum absolute atomic E-state index is 12.8. The molecule has 0 amide bonds. The molecule has 21 unspecified atom stereocenters. The van der Waals surface area contributed by atoms with Gasteiger partial charge in [0.05, 0.1) is 127 Å². The monoisotopic (exact) mass is 1960 g/mol. The Balaban J connectivity index is 0.829. The molecule has 0 spiro atoms. The van der Waals surface area contributed by atoms with Crippen LogP contribution in [0.3, 0.4) is 0 Å². The van der Waals surface area contributed by atoms with Crippen molar-refractivity contribution in [2.24, 2.45) is 35.1 Å². The number of aliphatic hydroxyl groups is 30. The van der Waals surface area contributed by atoms with Crippen LogP contribution in [0.4, 0.5) is 0 Å². The lowest BCUT2D eigenvalue weighted by molar-refractivity contribution is -0.402. The summed E-state index contributed by atoms with van der Waals surface area (Å²) in [6.45, 7) is -4.65. The molecule has 0 aromatic heterocycles. The van der Waals surface area contributed by atoms with E-state index >= 15 is 0 Å². The van der Waals surface area contributed by atoms with Gasteiger partial charge in [-0.2, -0.15) is 0 Å². The third kappa shape index (κ3) is 23.1. The molecule has 57 heteroatoms.